The molecule has 1 unspecified atom stereocenters. The van der Waals surface area contributed by atoms with E-state index in [9.17, 15) is 5.11 Å². The first-order valence-electron chi connectivity index (χ1n) is 5.67. The summed E-state index contributed by atoms with van der Waals surface area (Å²) >= 11 is 3.45. The van der Waals surface area contributed by atoms with Gasteiger partial charge in [-0.15, -0.1) is 0 Å². The Balaban J connectivity index is 2.05. The van der Waals surface area contributed by atoms with Crippen LogP contribution in [0.3, 0.4) is 0 Å². The number of hydrogen-bond donors (Lipinski definition) is 1. The normalized spacial score (nSPS) is 23.4. The number of fused-ring (bicyclic) bond motifs is 1. The van der Waals surface area contributed by atoms with E-state index in [1.165, 1.54) is 18.4 Å². The quantitative estimate of drug-likeness (QED) is 0.825. The Morgan fingerprint density at radius 3 is 2.87 bits per heavy atom. The van der Waals surface area contributed by atoms with Crippen molar-refractivity contribution >= 4 is 15.9 Å². The van der Waals surface area contributed by atoms with Crippen molar-refractivity contribution in [3.05, 3.63) is 33.8 Å². The highest BCUT2D eigenvalue weighted by molar-refractivity contribution is 9.10. The van der Waals surface area contributed by atoms with Crippen LogP contribution in [-0.4, -0.2) is 5.11 Å². The smallest absolute Gasteiger partial charge is 0.0939 e. The molecule has 1 atom stereocenters. The molecule has 2 heteroatoms. The zero-order valence-corrected chi connectivity index (χ0v) is 10.7. The maximum absolute atomic E-state index is 10.4. The molecule has 0 aliphatic heterocycles. The molecule has 0 fully saturated rings. The summed E-state index contributed by atoms with van der Waals surface area (Å²) in [5.74, 6) is 0. The van der Waals surface area contributed by atoms with Gasteiger partial charge < -0.3 is 5.11 Å². The van der Waals surface area contributed by atoms with Crippen LogP contribution in [0.15, 0.2) is 22.7 Å². The van der Waals surface area contributed by atoms with Gasteiger partial charge in [-0.25, -0.2) is 0 Å². The Hall–Kier alpha value is -0.340. The lowest BCUT2D eigenvalue weighted by atomic mass is 9.71. The molecule has 2 rings (SSSR count). The van der Waals surface area contributed by atoms with Crippen LogP contribution in [-0.2, 0) is 12.0 Å². The van der Waals surface area contributed by atoms with Gasteiger partial charge in [-0.05, 0) is 29.7 Å². The highest BCUT2D eigenvalue weighted by atomic mass is 79.9. The molecule has 0 spiro atoms. The molecule has 1 aromatic rings. The number of aliphatic hydroxyl groups is 1. The summed E-state index contributed by atoms with van der Waals surface area (Å²) in [5, 5.41) is 10.4. The summed E-state index contributed by atoms with van der Waals surface area (Å²) in [5.41, 5.74) is 1.91. The van der Waals surface area contributed by atoms with Gasteiger partial charge in [-0.1, -0.05) is 48.2 Å². The topological polar surface area (TPSA) is 20.2 Å². The van der Waals surface area contributed by atoms with Crippen molar-refractivity contribution in [2.45, 2.75) is 44.6 Å². The van der Waals surface area contributed by atoms with Crippen LogP contribution in [0.2, 0.25) is 0 Å². The average molecular weight is 269 g/mol. The van der Waals surface area contributed by atoms with Crippen molar-refractivity contribution in [2.75, 3.05) is 0 Å². The lowest BCUT2D eigenvalue weighted by molar-refractivity contribution is 0.00146. The van der Waals surface area contributed by atoms with Crippen LogP contribution >= 0.6 is 15.9 Å². The van der Waals surface area contributed by atoms with E-state index in [1.807, 2.05) is 6.07 Å². The SMILES string of the molecule is CCCCCC1(O)Cc2cc(Br)ccc21. The van der Waals surface area contributed by atoms with Gasteiger partial charge >= 0.3 is 0 Å². The fourth-order valence-electron chi connectivity index (χ4n) is 2.36. The summed E-state index contributed by atoms with van der Waals surface area (Å²) in [6, 6.07) is 6.18. The van der Waals surface area contributed by atoms with E-state index < -0.39 is 5.60 Å². The first-order valence-corrected chi connectivity index (χ1v) is 6.46. The van der Waals surface area contributed by atoms with Crippen molar-refractivity contribution in [3.63, 3.8) is 0 Å². The highest BCUT2D eigenvalue weighted by Crippen LogP contribution is 2.43. The first-order chi connectivity index (χ1) is 7.15. The van der Waals surface area contributed by atoms with E-state index in [2.05, 4.69) is 35.0 Å². The average Bonchev–Trinajstić information content (AvgIpc) is 2.17. The van der Waals surface area contributed by atoms with Crippen LogP contribution < -0.4 is 0 Å². The maximum Gasteiger partial charge on any atom is 0.0939 e. The predicted molar refractivity (Wildman–Crippen MR) is 65.9 cm³/mol. The minimum absolute atomic E-state index is 0.523. The summed E-state index contributed by atoms with van der Waals surface area (Å²) in [7, 11) is 0. The van der Waals surface area contributed by atoms with Crippen LogP contribution in [0.5, 0.6) is 0 Å². The van der Waals surface area contributed by atoms with Gasteiger partial charge in [0.1, 0.15) is 0 Å². The van der Waals surface area contributed by atoms with E-state index in [0.29, 0.717) is 0 Å². The third-order valence-electron chi connectivity index (χ3n) is 3.25. The summed E-state index contributed by atoms with van der Waals surface area (Å²) in [6.45, 7) is 2.19. The molecule has 0 amide bonds. The Kier molecular flexibility index (Phi) is 3.17. The second kappa shape index (κ2) is 4.26. The summed E-state index contributed by atoms with van der Waals surface area (Å²) < 4.78 is 1.11. The standard InChI is InChI=1S/C13H17BrO/c1-2-3-4-7-13(15)9-10-8-11(14)5-6-12(10)13/h5-6,8,15H,2-4,7,9H2,1H3. The van der Waals surface area contributed by atoms with E-state index in [1.54, 1.807) is 0 Å². The van der Waals surface area contributed by atoms with E-state index in [4.69, 9.17) is 0 Å². The van der Waals surface area contributed by atoms with Crippen LogP contribution in [0.25, 0.3) is 0 Å². The molecule has 0 saturated carbocycles. The number of halogens is 1. The molecule has 0 radical (unpaired) electrons. The Labute approximate surface area is 99.6 Å². The van der Waals surface area contributed by atoms with Crippen LogP contribution in [0.1, 0.15) is 43.7 Å². The van der Waals surface area contributed by atoms with E-state index >= 15 is 0 Å². The van der Waals surface area contributed by atoms with Gasteiger partial charge in [-0.2, -0.15) is 0 Å². The number of rotatable bonds is 4. The highest BCUT2D eigenvalue weighted by Gasteiger charge is 2.39. The second-order valence-corrected chi connectivity index (χ2v) is 5.38. The number of benzene rings is 1. The van der Waals surface area contributed by atoms with Crippen molar-refractivity contribution in [1.29, 1.82) is 0 Å². The molecule has 1 N–H and O–H groups in total. The Bertz CT molecular complexity index is 362. The summed E-state index contributed by atoms with van der Waals surface area (Å²) in [6.07, 6.45) is 5.29. The molecular formula is C13H17BrO. The zero-order chi connectivity index (χ0) is 10.9. The third kappa shape index (κ3) is 2.11. The summed E-state index contributed by atoms with van der Waals surface area (Å²) in [4.78, 5) is 0. The Morgan fingerprint density at radius 2 is 2.20 bits per heavy atom. The van der Waals surface area contributed by atoms with Crippen LogP contribution in [0.4, 0.5) is 0 Å². The monoisotopic (exact) mass is 268 g/mol. The number of hydrogen-bond acceptors (Lipinski definition) is 1. The number of unbranched alkanes of at least 4 members (excludes halogenated alkanes) is 2. The fourth-order valence-corrected chi connectivity index (χ4v) is 2.77. The molecule has 82 valence electrons. The van der Waals surface area contributed by atoms with Gasteiger partial charge in [0.15, 0.2) is 0 Å². The largest absolute Gasteiger partial charge is 0.385 e. The molecule has 0 bridgehead atoms. The van der Waals surface area contributed by atoms with Gasteiger partial charge in [0.25, 0.3) is 0 Å². The van der Waals surface area contributed by atoms with Gasteiger partial charge in [0, 0.05) is 10.9 Å². The fraction of sp³-hybridized carbons (Fsp3) is 0.538. The van der Waals surface area contributed by atoms with Crippen LogP contribution in [0, 0.1) is 0 Å². The minimum atomic E-state index is -0.523. The van der Waals surface area contributed by atoms with Crippen molar-refractivity contribution in [2.24, 2.45) is 0 Å². The molecule has 15 heavy (non-hydrogen) atoms. The van der Waals surface area contributed by atoms with Crippen molar-refractivity contribution < 1.29 is 5.11 Å². The third-order valence-corrected chi connectivity index (χ3v) is 3.74. The zero-order valence-electron chi connectivity index (χ0n) is 9.09. The lowest BCUT2D eigenvalue weighted by Crippen LogP contribution is -2.38. The predicted octanol–water partition coefficient (Wildman–Crippen LogP) is 3.77. The van der Waals surface area contributed by atoms with E-state index in [-0.39, 0.29) is 0 Å². The molecule has 0 heterocycles. The molecule has 0 aromatic heterocycles. The van der Waals surface area contributed by atoms with Crippen molar-refractivity contribution in [3.8, 4) is 0 Å². The first kappa shape index (κ1) is 11.2. The van der Waals surface area contributed by atoms with Crippen molar-refractivity contribution in [1.82, 2.24) is 0 Å². The Morgan fingerprint density at radius 1 is 1.40 bits per heavy atom. The lowest BCUT2D eigenvalue weighted by Gasteiger charge is -2.40. The minimum Gasteiger partial charge on any atom is -0.385 e. The molecule has 0 saturated heterocycles. The maximum atomic E-state index is 10.4. The molecule has 1 aromatic carbocycles. The second-order valence-electron chi connectivity index (χ2n) is 4.47. The molecule has 1 nitrogen and oxygen atoms in total. The molecule has 1 aliphatic rings. The van der Waals surface area contributed by atoms with Gasteiger partial charge in [-0.3, -0.25) is 0 Å². The van der Waals surface area contributed by atoms with Gasteiger partial charge in [0.2, 0.25) is 0 Å². The molecule has 1 aliphatic carbocycles. The molecular weight excluding hydrogens is 252 g/mol. The van der Waals surface area contributed by atoms with E-state index in [0.717, 1.165) is 29.3 Å². The van der Waals surface area contributed by atoms with Gasteiger partial charge in [0.05, 0.1) is 5.60 Å².